The van der Waals surface area contributed by atoms with Crippen LogP contribution in [0.25, 0.3) is 0 Å². The Bertz CT molecular complexity index is 623. The molecule has 0 fully saturated rings. The van der Waals surface area contributed by atoms with Crippen molar-refractivity contribution in [3.05, 3.63) is 29.3 Å². The molecule has 23 heavy (non-hydrogen) atoms. The average molecular weight is 343 g/mol. The lowest BCUT2D eigenvalue weighted by Crippen LogP contribution is -2.38. The standard InChI is InChI=1S/C15H21NO6S/c1-15(2,3)22-14(20)16-12(13(18)19)9-5-6-11(17)10(7-9)8-23(4)21/h5-7,12,17H,8H2,1-4H3,(H,16,20)(H,18,19). The largest absolute Gasteiger partial charge is 0.508 e. The lowest BCUT2D eigenvalue weighted by atomic mass is 10.0. The van der Waals surface area contributed by atoms with E-state index in [1.54, 1.807) is 20.8 Å². The molecule has 2 atom stereocenters. The van der Waals surface area contributed by atoms with Crippen molar-refractivity contribution >= 4 is 22.9 Å². The van der Waals surface area contributed by atoms with Crippen LogP contribution in [0.5, 0.6) is 5.75 Å². The minimum atomic E-state index is -1.34. The van der Waals surface area contributed by atoms with Gasteiger partial charge in [0.1, 0.15) is 11.4 Å². The number of rotatable bonds is 5. The van der Waals surface area contributed by atoms with E-state index in [1.807, 2.05) is 0 Å². The van der Waals surface area contributed by atoms with Crippen LogP contribution in [0.15, 0.2) is 18.2 Å². The number of carboxylic acid groups (broad SMARTS) is 1. The van der Waals surface area contributed by atoms with E-state index < -0.39 is 34.5 Å². The lowest BCUT2D eigenvalue weighted by Gasteiger charge is -2.22. The van der Waals surface area contributed by atoms with Crippen LogP contribution in [0, 0.1) is 0 Å². The molecule has 2 unspecified atom stereocenters. The number of ether oxygens (including phenoxy) is 1. The van der Waals surface area contributed by atoms with E-state index in [9.17, 15) is 24.0 Å². The topological polar surface area (TPSA) is 113 Å². The number of carbonyl (C=O) groups excluding carboxylic acids is 1. The maximum absolute atomic E-state index is 11.8. The van der Waals surface area contributed by atoms with Gasteiger partial charge in [-0.1, -0.05) is 6.07 Å². The summed E-state index contributed by atoms with van der Waals surface area (Å²) >= 11 is 0. The minimum Gasteiger partial charge on any atom is -0.508 e. The van der Waals surface area contributed by atoms with Crippen LogP contribution >= 0.6 is 0 Å². The van der Waals surface area contributed by atoms with Gasteiger partial charge in [0.2, 0.25) is 0 Å². The van der Waals surface area contributed by atoms with E-state index >= 15 is 0 Å². The molecule has 0 aliphatic carbocycles. The number of alkyl carbamates (subject to hydrolysis) is 1. The van der Waals surface area contributed by atoms with Gasteiger partial charge in [0.25, 0.3) is 0 Å². The van der Waals surface area contributed by atoms with E-state index in [0.717, 1.165) is 0 Å². The van der Waals surface area contributed by atoms with Gasteiger partial charge in [-0.3, -0.25) is 4.21 Å². The molecule has 0 heterocycles. The van der Waals surface area contributed by atoms with Crippen LogP contribution in [0.2, 0.25) is 0 Å². The van der Waals surface area contributed by atoms with Gasteiger partial charge >= 0.3 is 12.1 Å². The van der Waals surface area contributed by atoms with Gasteiger partial charge in [-0.05, 0) is 38.5 Å². The molecule has 0 saturated carbocycles. The smallest absolute Gasteiger partial charge is 0.408 e. The molecule has 7 nitrogen and oxygen atoms in total. The van der Waals surface area contributed by atoms with Gasteiger partial charge < -0.3 is 20.3 Å². The summed E-state index contributed by atoms with van der Waals surface area (Å²) in [5, 5.41) is 21.3. The molecule has 0 aliphatic rings. The second-order valence-electron chi connectivity index (χ2n) is 6.02. The number of hydrogen-bond donors (Lipinski definition) is 3. The first-order valence-electron chi connectivity index (χ1n) is 6.83. The Kier molecular flexibility index (Phi) is 6.14. The number of phenolic OH excluding ortho intramolecular Hbond substituents is 1. The van der Waals surface area contributed by atoms with E-state index in [-0.39, 0.29) is 17.1 Å². The van der Waals surface area contributed by atoms with Crippen molar-refractivity contribution in [3.8, 4) is 5.75 Å². The summed E-state index contributed by atoms with van der Waals surface area (Å²) in [4.78, 5) is 23.2. The number of aliphatic carboxylic acids is 1. The highest BCUT2D eigenvalue weighted by molar-refractivity contribution is 7.83. The molecule has 1 rings (SSSR count). The second kappa shape index (κ2) is 7.45. The van der Waals surface area contributed by atoms with Crippen molar-refractivity contribution in [1.82, 2.24) is 5.32 Å². The zero-order valence-corrected chi connectivity index (χ0v) is 14.3. The third kappa shape index (κ3) is 6.27. The van der Waals surface area contributed by atoms with Crippen molar-refractivity contribution in [2.24, 2.45) is 0 Å². The quantitative estimate of drug-likeness (QED) is 0.753. The normalized spacial score (nSPS) is 13.9. The number of carboxylic acids is 1. The Morgan fingerprint density at radius 3 is 2.43 bits per heavy atom. The zero-order chi connectivity index (χ0) is 17.8. The highest BCUT2D eigenvalue weighted by atomic mass is 32.2. The number of nitrogens with one attached hydrogen (secondary N) is 1. The third-order valence-electron chi connectivity index (χ3n) is 2.70. The van der Waals surface area contributed by atoms with Gasteiger partial charge in [-0.2, -0.15) is 0 Å². The summed E-state index contributed by atoms with van der Waals surface area (Å²) in [5.74, 6) is -1.27. The number of amides is 1. The SMILES string of the molecule is CS(=O)Cc1cc(C(NC(=O)OC(C)(C)C)C(=O)O)ccc1O. The zero-order valence-electron chi connectivity index (χ0n) is 13.5. The van der Waals surface area contributed by atoms with Crippen LogP contribution in [0.4, 0.5) is 4.79 Å². The van der Waals surface area contributed by atoms with Gasteiger partial charge in [0, 0.05) is 22.6 Å². The molecule has 0 radical (unpaired) electrons. The first-order valence-corrected chi connectivity index (χ1v) is 8.56. The van der Waals surface area contributed by atoms with Crippen LogP contribution in [-0.2, 0) is 26.1 Å². The molecule has 128 valence electrons. The van der Waals surface area contributed by atoms with Crippen LogP contribution in [-0.4, -0.2) is 38.3 Å². The van der Waals surface area contributed by atoms with Crippen molar-refractivity contribution in [1.29, 1.82) is 0 Å². The molecule has 0 aliphatic heterocycles. The van der Waals surface area contributed by atoms with Crippen LogP contribution in [0.1, 0.15) is 37.9 Å². The first kappa shape index (κ1) is 19.0. The molecule has 1 aromatic carbocycles. The second-order valence-corrected chi connectivity index (χ2v) is 7.46. The number of phenols is 1. The molecular formula is C15H21NO6S. The number of aromatic hydroxyl groups is 1. The Morgan fingerprint density at radius 2 is 1.96 bits per heavy atom. The molecule has 3 N–H and O–H groups in total. The van der Waals surface area contributed by atoms with Crippen molar-refractivity contribution < 1.29 is 28.7 Å². The number of benzene rings is 1. The Morgan fingerprint density at radius 1 is 1.35 bits per heavy atom. The summed E-state index contributed by atoms with van der Waals surface area (Å²) in [5.41, 5.74) is -0.158. The molecule has 0 bridgehead atoms. The van der Waals surface area contributed by atoms with E-state index in [1.165, 1.54) is 24.5 Å². The molecule has 1 aromatic rings. The van der Waals surface area contributed by atoms with Crippen molar-refractivity contribution in [2.45, 2.75) is 38.2 Å². The molecule has 0 aromatic heterocycles. The summed E-state index contributed by atoms with van der Waals surface area (Å²) in [6.45, 7) is 4.99. The van der Waals surface area contributed by atoms with E-state index in [0.29, 0.717) is 5.56 Å². The molecule has 8 heteroatoms. The van der Waals surface area contributed by atoms with Crippen molar-refractivity contribution in [2.75, 3.05) is 6.26 Å². The Balaban J connectivity index is 3.04. The fourth-order valence-electron chi connectivity index (χ4n) is 1.83. The first-order chi connectivity index (χ1) is 10.5. The fraction of sp³-hybridized carbons (Fsp3) is 0.467. The van der Waals surface area contributed by atoms with Crippen LogP contribution < -0.4 is 5.32 Å². The maximum atomic E-state index is 11.8. The highest BCUT2D eigenvalue weighted by Gasteiger charge is 2.26. The van der Waals surface area contributed by atoms with E-state index in [2.05, 4.69) is 5.32 Å². The van der Waals surface area contributed by atoms with Gasteiger partial charge in [-0.15, -0.1) is 0 Å². The Hall–Kier alpha value is -2.09. The third-order valence-corrected chi connectivity index (χ3v) is 3.42. The Labute approximate surface area is 137 Å². The lowest BCUT2D eigenvalue weighted by molar-refractivity contribution is -0.139. The van der Waals surface area contributed by atoms with Crippen molar-refractivity contribution in [3.63, 3.8) is 0 Å². The van der Waals surface area contributed by atoms with Crippen LogP contribution in [0.3, 0.4) is 0 Å². The monoisotopic (exact) mass is 343 g/mol. The molecule has 1 amide bonds. The molecule has 0 spiro atoms. The maximum Gasteiger partial charge on any atom is 0.408 e. The average Bonchev–Trinajstić information content (AvgIpc) is 2.36. The summed E-state index contributed by atoms with van der Waals surface area (Å²) in [6, 6.07) is 2.76. The summed E-state index contributed by atoms with van der Waals surface area (Å²) in [7, 11) is -1.20. The summed E-state index contributed by atoms with van der Waals surface area (Å²) in [6.07, 6.45) is 0.610. The number of hydrogen-bond acceptors (Lipinski definition) is 5. The predicted molar refractivity (Wildman–Crippen MR) is 85.6 cm³/mol. The fourth-order valence-corrected chi connectivity index (χ4v) is 2.50. The molecular weight excluding hydrogens is 322 g/mol. The number of carbonyl (C=O) groups is 2. The highest BCUT2D eigenvalue weighted by Crippen LogP contribution is 2.24. The predicted octanol–water partition coefficient (Wildman–Crippen LogP) is 1.92. The minimum absolute atomic E-state index is 0.0784. The molecule has 0 saturated heterocycles. The van der Waals surface area contributed by atoms with Gasteiger partial charge in [0.15, 0.2) is 6.04 Å². The van der Waals surface area contributed by atoms with Gasteiger partial charge in [-0.25, -0.2) is 9.59 Å². The summed E-state index contributed by atoms with van der Waals surface area (Å²) < 4.78 is 16.4. The van der Waals surface area contributed by atoms with E-state index in [4.69, 9.17) is 4.74 Å². The van der Waals surface area contributed by atoms with Gasteiger partial charge in [0.05, 0.1) is 5.75 Å².